The number of Topliss-reactive ketones (excluding diaryl/α,β-unsaturated/α-hetero) is 1. The second-order valence-electron chi connectivity index (χ2n) is 12.7. The molecule has 0 aromatic heterocycles. The molecule has 2 N–H and O–H groups in total. The van der Waals surface area contributed by atoms with Gasteiger partial charge in [0, 0.05) is 24.1 Å². The number of carbonyl (C=O) groups excluding carboxylic acids is 6. The Bertz CT molecular complexity index is 1540. The van der Waals surface area contributed by atoms with Gasteiger partial charge in [0.2, 0.25) is 0 Å². The van der Waals surface area contributed by atoms with Gasteiger partial charge in [-0.05, 0) is 77.8 Å². The van der Waals surface area contributed by atoms with Crippen molar-refractivity contribution in [2.24, 2.45) is 4.99 Å². The minimum Gasteiger partial charge on any atom is -0.467 e. The molecule has 1 atom stereocenters. The van der Waals surface area contributed by atoms with E-state index in [9.17, 15) is 28.8 Å². The highest BCUT2D eigenvalue weighted by atomic mass is 35.5. The van der Waals surface area contributed by atoms with E-state index < -0.39 is 52.9 Å². The third-order valence-corrected chi connectivity index (χ3v) is 6.78. The third-order valence-electron chi connectivity index (χ3n) is 6.15. The van der Waals surface area contributed by atoms with Gasteiger partial charge in [0.1, 0.15) is 17.2 Å². The van der Waals surface area contributed by atoms with Crippen LogP contribution in [-0.2, 0) is 35.0 Å². The van der Waals surface area contributed by atoms with Crippen molar-refractivity contribution in [2.45, 2.75) is 84.5 Å². The Morgan fingerprint density at radius 1 is 0.854 bits per heavy atom. The molecule has 0 saturated heterocycles. The van der Waals surface area contributed by atoms with Gasteiger partial charge in [0.15, 0.2) is 5.78 Å². The number of halogens is 2. The summed E-state index contributed by atoms with van der Waals surface area (Å²) in [6.07, 6.45) is -1.39. The van der Waals surface area contributed by atoms with Crippen LogP contribution in [0.25, 0.3) is 0 Å². The predicted molar refractivity (Wildman–Crippen MR) is 181 cm³/mol. The lowest BCUT2D eigenvalue weighted by atomic mass is 10.0. The average Bonchev–Trinajstić information content (AvgIpc) is 2.95. The van der Waals surface area contributed by atoms with Crippen LogP contribution in [0.15, 0.2) is 47.5 Å². The number of hydrogen-bond donors (Lipinski definition) is 2. The van der Waals surface area contributed by atoms with Gasteiger partial charge < -0.3 is 24.8 Å². The minimum absolute atomic E-state index is 0.0244. The summed E-state index contributed by atoms with van der Waals surface area (Å²) in [7, 11) is 1.14. The number of nitrogens with zero attached hydrogens (tertiary/aromatic N) is 1. The lowest BCUT2D eigenvalue weighted by Gasteiger charge is -2.20. The molecule has 0 aliphatic carbocycles. The standard InChI is InChI=1S/C34H41Cl2N3O9/c1-33(2,3)47-27(41)18-22(38-32(45)48-34(4,5)6)17-20-10-8-11-21(16-20)29(42)37-19-23(40)14-15-26(31(44)46-7)39-30(43)28-24(35)12-9-13-25(28)36/h8-13,16,26H,14-15,17-19H2,1-7H3,(H,37,42)(H,39,43)/t26-/m0/s1. The van der Waals surface area contributed by atoms with Crippen molar-refractivity contribution < 1.29 is 43.0 Å². The molecule has 260 valence electrons. The van der Waals surface area contributed by atoms with Crippen LogP contribution in [0.1, 0.15) is 87.1 Å². The molecular weight excluding hydrogens is 665 g/mol. The Balaban J connectivity index is 2.06. The van der Waals surface area contributed by atoms with Crippen LogP contribution in [0, 0.1) is 0 Å². The highest BCUT2D eigenvalue weighted by Gasteiger charge is 2.26. The summed E-state index contributed by atoms with van der Waals surface area (Å²) < 4.78 is 15.4. The molecule has 0 spiro atoms. The number of hydrogen-bond acceptors (Lipinski definition) is 9. The van der Waals surface area contributed by atoms with Gasteiger partial charge in [-0.15, -0.1) is 0 Å². The van der Waals surface area contributed by atoms with E-state index in [4.69, 9.17) is 37.4 Å². The number of rotatable bonds is 13. The molecule has 2 aromatic carbocycles. The molecular formula is C34H41Cl2N3O9. The molecule has 3 amide bonds. The first kappa shape index (κ1) is 39.9. The van der Waals surface area contributed by atoms with Crippen LogP contribution in [0.5, 0.6) is 0 Å². The van der Waals surface area contributed by atoms with Gasteiger partial charge >= 0.3 is 18.0 Å². The SMILES string of the molecule is COC(=O)[C@H](CCC(=O)CNC(=O)c1cccc(CC(CC(=O)OC(C)(C)C)=NC(=O)OC(C)(C)C)c1)NC(=O)c1c(Cl)cccc1Cl. The fourth-order valence-electron chi connectivity index (χ4n) is 4.17. The van der Waals surface area contributed by atoms with Crippen molar-refractivity contribution >= 4 is 64.5 Å². The van der Waals surface area contributed by atoms with E-state index in [2.05, 4.69) is 15.6 Å². The Labute approximate surface area is 289 Å². The van der Waals surface area contributed by atoms with E-state index in [1.165, 1.54) is 18.2 Å². The number of ketones is 1. The monoisotopic (exact) mass is 705 g/mol. The number of nitrogens with one attached hydrogen (secondary N) is 2. The Morgan fingerprint density at radius 3 is 2.04 bits per heavy atom. The lowest BCUT2D eigenvalue weighted by molar-refractivity contribution is -0.153. The molecule has 48 heavy (non-hydrogen) atoms. The predicted octanol–water partition coefficient (Wildman–Crippen LogP) is 5.69. The summed E-state index contributed by atoms with van der Waals surface area (Å²) in [5.41, 5.74) is -0.617. The van der Waals surface area contributed by atoms with Crippen molar-refractivity contribution in [3.05, 3.63) is 69.2 Å². The smallest absolute Gasteiger partial charge is 0.434 e. The summed E-state index contributed by atoms with van der Waals surface area (Å²) in [4.78, 5) is 79.6. The molecule has 0 saturated carbocycles. The molecule has 2 rings (SSSR count). The molecule has 0 bridgehead atoms. The number of ether oxygens (including phenoxy) is 3. The largest absolute Gasteiger partial charge is 0.467 e. The third kappa shape index (κ3) is 14.2. The zero-order valence-electron chi connectivity index (χ0n) is 28.0. The number of amides is 3. The zero-order valence-corrected chi connectivity index (χ0v) is 29.5. The van der Waals surface area contributed by atoms with Crippen LogP contribution in [0.4, 0.5) is 4.79 Å². The Hall–Kier alpha value is -4.29. The molecule has 12 nitrogen and oxygen atoms in total. The molecule has 0 unspecified atom stereocenters. The van der Waals surface area contributed by atoms with E-state index in [0.717, 1.165) is 7.11 Å². The first-order valence-corrected chi connectivity index (χ1v) is 15.8. The minimum atomic E-state index is -1.18. The van der Waals surface area contributed by atoms with E-state index in [0.29, 0.717) is 5.56 Å². The maximum Gasteiger partial charge on any atom is 0.434 e. The molecule has 14 heteroatoms. The molecule has 0 heterocycles. The van der Waals surface area contributed by atoms with Gasteiger partial charge in [-0.1, -0.05) is 41.4 Å². The van der Waals surface area contributed by atoms with Gasteiger partial charge in [0.05, 0.1) is 35.7 Å². The van der Waals surface area contributed by atoms with Crippen LogP contribution in [0.2, 0.25) is 10.0 Å². The maximum absolute atomic E-state index is 12.9. The number of aliphatic imine (C=N–C) groups is 1. The summed E-state index contributed by atoms with van der Waals surface area (Å²) in [6, 6.07) is 9.71. The first-order valence-electron chi connectivity index (χ1n) is 15.0. The summed E-state index contributed by atoms with van der Waals surface area (Å²) in [5.74, 6) is -3.05. The van der Waals surface area contributed by atoms with Crippen molar-refractivity contribution in [2.75, 3.05) is 13.7 Å². The van der Waals surface area contributed by atoms with Gasteiger partial charge in [0.25, 0.3) is 11.8 Å². The molecule has 0 aliphatic rings. The molecule has 0 radical (unpaired) electrons. The second kappa shape index (κ2) is 17.7. The number of methoxy groups -OCH3 is 1. The van der Waals surface area contributed by atoms with Gasteiger partial charge in [-0.3, -0.25) is 19.2 Å². The number of carbonyl (C=O) groups is 6. The van der Waals surface area contributed by atoms with Crippen molar-refractivity contribution in [3.63, 3.8) is 0 Å². The van der Waals surface area contributed by atoms with E-state index in [-0.39, 0.29) is 59.1 Å². The highest BCUT2D eigenvalue weighted by molar-refractivity contribution is 6.39. The van der Waals surface area contributed by atoms with Gasteiger partial charge in [-0.2, -0.15) is 4.99 Å². The maximum atomic E-state index is 12.9. The Kier molecular flexibility index (Phi) is 14.7. The Morgan fingerprint density at radius 2 is 1.46 bits per heavy atom. The van der Waals surface area contributed by atoms with Crippen molar-refractivity contribution in [1.29, 1.82) is 0 Å². The lowest BCUT2D eigenvalue weighted by Crippen LogP contribution is -2.42. The topological polar surface area (TPSA) is 167 Å². The second-order valence-corrected chi connectivity index (χ2v) is 13.5. The summed E-state index contributed by atoms with van der Waals surface area (Å²) >= 11 is 12.2. The zero-order chi connectivity index (χ0) is 36.2. The average molecular weight is 707 g/mol. The fraction of sp³-hybridized carbons (Fsp3) is 0.441. The number of benzene rings is 2. The van der Waals surface area contributed by atoms with Crippen LogP contribution in [-0.4, -0.2) is 72.2 Å². The van der Waals surface area contributed by atoms with Crippen LogP contribution >= 0.6 is 23.2 Å². The van der Waals surface area contributed by atoms with E-state index >= 15 is 0 Å². The molecule has 0 fully saturated rings. The van der Waals surface area contributed by atoms with E-state index in [1.54, 1.807) is 65.8 Å². The first-order chi connectivity index (χ1) is 22.3. The quantitative estimate of drug-likeness (QED) is 0.151. The highest BCUT2D eigenvalue weighted by Crippen LogP contribution is 2.24. The fourth-order valence-corrected chi connectivity index (χ4v) is 4.74. The summed E-state index contributed by atoms with van der Waals surface area (Å²) in [6.45, 7) is 9.87. The van der Waals surface area contributed by atoms with Gasteiger partial charge in [-0.25, -0.2) is 9.59 Å². The van der Waals surface area contributed by atoms with Crippen LogP contribution < -0.4 is 10.6 Å². The molecule has 2 aromatic rings. The van der Waals surface area contributed by atoms with Crippen molar-refractivity contribution in [3.8, 4) is 0 Å². The summed E-state index contributed by atoms with van der Waals surface area (Å²) in [5, 5.41) is 5.20. The number of esters is 2. The normalized spacial score (nSPS) is 12.4. The van der Waals surface area contributed by atoms with E-state index in [1.807, 2.05) is 0 Å². The van der Waals surface area contributed by atoms with Crippen LogP contribution in [0.3, 0.4) is 0 Å². The molecule has 0 aliphatic heterocycles. The van der Waals surface area contributed by atoms with Crippen molar-refractivity contribution in [1.82, 2.24) is 10.6 Å².